The van der Waals surface area contributed by atoms with Crippen LogP contribution in [0, 0.1) is 0 Å². The van der Waals surface area contributed by atoms with Gasteiger partial charge in [-0.15, -0.1) is 0 Å². The van der Waals surface area contributed by atoms with Gasteiger partial charge in [0.05, 0.1) is 49.0 Å². The number of carbonyl (C=O) groups is 5. The lowest BCUT2D eigenvalue weighted by Crippen LogP contribution is -2.73. The molecule has 2 aliphatic heterocycles. The van der Waals surface area contributed by atoms with Gasteiger partial charge >= 0.3 is 5.97 Å². The van der Waals surface area contributed by atoms with Crippen LogP contribution in [0.3, 0.4) is 0 Å². The number of rotatable bonds is 13. The number of aliphatic hydroxyl groups is 4. The molecule has 4 amide bonds. The van der Waals surface area contributed by atoms with Crippen molar-refractivity contribution in [2.45, 2.75) is 113 Å². The van der Waals surface area contributed by atoms with E-state index in [1.54, 1.807) is 0 Å². The van der Waals surface area contributed by atoms with Gasteiger partial charge in [0.1, 0.15) is 18.3 Å². The van der Waals surface area contributed by atoms with Gasteiger partial charge in [0, 0.05) is 20.8 Å². The van der Waals surface area contributed by atoms with Crippen LogP contribution in [-0.4, -0.2) is 147 Å². The van der Waals surface area contributed by atoms with E-state index in [1.165, 1.54) is 6.92 Å². The van der Waals surface area contributed by atoms with Gasteiger partial charge in [-0.3, -0.25) is 19.2 Å². The number of carboxylic acid groups (broad SMARTS) is 1. The Labute approximate surface area is 251 Å². The molecule has 2 fully saturated rings. The molecule has 44 heavy (non-hydrogen) atoms. The zero-order valence-corrected chi connectivity index (χ0v) is 24.4. The van der Waals surface area contributed by atoms with Gasteiger partial charge in [0.2, 0.25) is 23.6 Å². The quantitative estimate of drug-likeness (QED) is 0.0892. The Morgan fingerprint density at radius 2 is 1.41 bits per heavy atom. The number of aliphatic hydroxyl groups excluding tert-OH is 4. The molecule has 2 saturated heterocycles. The molecule has 2 aliphatic rings. The molecule has 20 heteroatoms. The summed E-state index contributed by atoms with van der Waals surface area (Å²) in [7, 11) is 0. The predicted molar refractivity (Wildman–Crippen MR) is 143 cm³/mol. The highest BCUT2D eigenvalue weighted by atomic mass is 16.7. The summed E-state index contributed by atoms with van der Waals surface area (Å²) in [5.74, 6) is -4.83. The van der Waals surface area contributed by atoms with Crippen LogP contribution in [0.15, 0.2) is 0 Å². The van der Waals surface area contributed by atoms with Crippen LogP contribution in [0.4, 0.5) is 0 Å². The summed E-state index contributed by atoms with van der Waals surface area (Å²) in [5, 5.41) is 57.9. The van der Waals surface area contributed by atoms with Crippen LogP contribution in [0.2, 0.25) is 0 Å². The summed E-state index contributed by atoms with van der Waals surface area (Å²) in [4.78, 5) is 60.2. The Hall–Kier alpha value is -3.05. The molecule has 14 atom stereocenters. The van der Waals surface area contributed by atoms with Gasteiger partial charge in [0.25, 0.3) is 0 Å². The highest BCUT2D eigenvalue weighted by Crippen LogP contribution is 2.30. The minimum absolute atomic E-state index is 0.654. The number of aliphatic carboxylic acids is 1. The van der Waals surface area contributed by atoms with Gasteiger partial charge in [-0.05, 0) is 6.92 Å². The maximum Gasteiger partial charge on any atom is 0.335 e. The molecule has 14 N–H and O–H groups in total. The lowest BCUT2D eigenvalue weighted by atomic mass is 9.92. The number of carbonyl (C=O) groups excluding carboxylic acids is 4. The van der Waals surface area contributed by atoms with Crippen molar-refractivity contribution in [3.63, 3.8) is 0 Å². The summed E-state index contributed by atoms with van der Waals surface area (Å²) in [6.07, 6.45) is -15.3. The molecule has 20 nitrogen and oxygen atoms in total. The van der Waals surface area contributed by atoms with Gasteiger partial charge in [0.15, 0.2) is 24.8 Å². The first-order chi connectivity index (χ1) is 20.4. The number of ether oxygens (including phenoxy) is 4. The molecular weight excluding hydrogens is 596 g/mol. The van der Waals surface area contributed by atoms with Gasteiger partial charge in [-0.1, -0.05) is 0 Å². The van der Waals surface area contributed by atoms with Gasteiger partial charge in [-0.2, -0.15) is 0 Å². The first-order valence-corrected chi connectivity index (χ1v) is 13.5. The van der Waals surface area contributed by atoms with Crippen molar-refractivity contribution in [2.75, 3.05) is 6.61 Å². The highest BCUT2D eigenvalue weighted by Gasteiger charge is 2.54. The SMILES string of the molecule is CC(=O)N[C@@H]1[C@H](O[C@@H]([C@H](NC(C)=O)[C@@H](O)CO)[C@@H](C)O)O[C@H](C(=O)O)[C@@H](O[C@@H]2O[C@H](C(N)=O)[C@@H](O)[C@H](N)[C@H]2NC(C)=O)[C@@H]1N. The molecule has 252 valence electrons. The van der Waals surface area contributed by atoms with Crippen LogP contribution in [-0.2, 0) is 42.9 Å². The molecule has 0 saturated carbocycles. The van der Waals surface area contributed by atoms with Crippen molar-refractivity contribution in [1.82, 2.24) is 16.0 Å². The van der Waals surface area contributed by atoms with Crippen LogP contribution in [0.5, 0.6) is 0 Å². The van der Waals surface area contributed by atoms with Crippen molar-refractivity contribution in [2.24, 2.45) is 17.2 Å². The summed E-state index contributed by atoms with van der Waals surface area (Å²) in [5.41, 5.74) is 17.8. The summed E-state index contributed by atoms with van der Waals surface area (Å²) < 4.78 is 22.8. The highest BCUT2D eigenvalue weighted by molar-refractivity contribution is 5.80. The number of carboxylic acids is 1. The monoisotopic (exact) mass is 638 g/mol. The summed E-state index contributed by atoms with van der Waals surface area (Å²) in [6.45, 7) is 3.66. The zero-order valence-electron chi connectivity index (χ0n) is 24.4. The number of hydrogen-bond acceptors (Lipinski definition) is 15. The van der Waals surface area contributed by atoms with Gasteiger partial charge < -0.3 is 77.6 Å². The second kappa shape index (κ2) is 15.8. The third-order valence-electron chi connectivity index (χ3n) is 7.01. The third-order valence-corrected chi connectivity index (χ3v) is 7.01. The summed E-state index contributed by atoms with van der Waals surface area (Å²) >= 11 is 0. The molecule has 0 aromatic carbocycles. The Kier molecular flexibility index (Phi) is 13.3. The Morgan fingerprint density at radius 1 is 0.886 bits per heavy atom. The topological polar surface area (TPSA) is 338 Å². The molecular formula is C24H42N6O14. The van der Waals surface area contributed by atoms with E-state index in [0.29, 0.717) is 0 Å². The standard InChI is InChI=1S/C24H42N6O14/c1-6(32)17(13(10(36)5-31)28-7(2)33)41-24-15(30-9(4)35)12(26)18(20(44-24)22(39)40)42-23-14(29-8(3)34)11(25)16(37)19(43-23)21(27)38/h6,10-20,23-24,31-32,36-37H,5,25-26H2,1-4H3,(H2,27,38)(H,28,33)(H,29,34)(H,30,35)(H,39,40)/t6-,10+,11-,12-,13-,14-,15+,16+,17-,18+,19+,20+,23-,24-/m1/s1. The van der Waals surface area contributed by atoms with Crippen LogP contribution >= 0.6 is 0 Å². The second-order valence-corrected chi connectivity index (χ2v) is 10.6. The molecule has 0 spiro atoms. The zero-order chi connectivity index (χ0) is 33.6. The molecule has 0 aliphatic carbocycles. The molecule has 0 radical (unpaired) electrons. The van der Waals surface area contributed by atoms with E-state index in [2.05, 4.69) is 16.0 Å². The predicted octanol–water partition coefficient (Wildman–Crippen LogP) is -6.96. The molecule has 0 bridgehead atoms. The molecule has 2 rings (SSSR count). The van der Waals surface area contributed by atoms with Gasteiger partial charge in [-0.25, -0.2) is 4.79 Å². The fourth-order valence-electron chi connectivity index (χ4n) is 4.98. The Balaban J connectivity index is 2.51. The first-order valence-electron chi connectivity index (χ1n) is 13.5. The van der Waals surface area contributed by atoms with E-state index in [1.807, 2.05) is 0 Å². The van der Waals surface area contributed by atoms with Crippen molar-refractivity contribution in [3.8, 4) is 0 Å². The smallest absolute Gasteiger partial charge is 0.335 e. The van der Waals surface area contributed by atoms with E-state index in [0.717, 1.165) is 20.8 Å². The molecule has 0 aromatic heterocycles. The first kappa shape index (κ1) is 37.1. The fourth-order valence-corrected chi connectivity index (χ4v) is 4.98. The minimum atomic E-state index is -2.01. The average molecular weight is 639 g/mol. The molecule has 0 aromatic rings. The third kappa shape index (κ3) is 9.00. The number of hydrogen-bond donors (Lipinski definition) is 11. The maximum atomic E-state index is 12.4. The normalized spacial score (nSPS) is 35.0. The number of primary amides is 1. The second-order valence-electron chi connectivity index (χ2n) is 10.6. The van der Waals surface area contributed by atoms with E-state index >= 15 is 0 Å². The lowest BCUT2D eigenvalue weighted by molar-refractivity contribution is -0.307. The minimum Gasteiger partial charge on any atom is -0.479 e. The number of nitrogens with one attached hydrogen (secondary N) is 3. The summed E-state index contributed by atoms with van der Waals surface area (Å²) in [6, 6.07) is -7.15. The van der Waals surface area contributed by atoms with Crippen LogP contribution < -0.4 is 33.2 Å². The van der Waals surface area contributed by atoms with E-state index in [4.69, 9.17) is 36.1 Å². The Bertz CT molecular complexity index is 1050. The van der Waals surface area contributed by atoms with Crippen LogP contribution in [0.25, 0.3) is 0 Å². The molecule has 0 unspecified atom stereocenters. The number of nitrogens with two attached hydrogens (primary N) is 3. The van der Waals surface area contributed by atoms with E-state index in [-0.39, 0.29) is 0 Å². The Morgan fingerprint density at radius 3 is 1.84 bits per heavy atom. The average Bonchev–Trinajstić information content (AvgIpc) is 2.91. The number of amides is 4. The van der Waals surface area contributed by atoms with E-state index < -0.39 is 122 Å². The van der Waals surface area contributed by atoms with Crippen molar-refractivity contribution in [3.05, 3.63) is 0 Å². The lowest BCUT2D eigenvalue weighted by Gasteiger charge is -2.48. The largest absolute Gasteiger partial charge is 0.479 e. The van der Waals surface area contributed by atoms with Crippen molar-refractivity contribution in [1.29, 1.82) is 0 Å². The van der Waals surface area contributed by atoms with Crippen molar-refractivity contribution < 1.29 is 68.5 Å². The maximum absolute atomic E-state index is 12.4. The van der Waals surface area contributed by atoms with Crippen LogP contribution in [0.1, 0.15) is 27.7 Å². The van der Waals surface area contributed by atoms with Crippen molar-refractivity contribution >= 4 is 29.6 Å². The molecule has 2 heterocycles. The van der Waals surface area contributed by atoms with E-state index in [9.17, 15) is 49.5 Å². The fraction of sp³-hybridized carbons (Fsp3) is 0.792.